The van der Waals surface area contributed by atoms with Gasteiger partial charge in [0.15, 0.2) is 0 Å². The minimum Gasteiger partial charge on any atom is -0.331 e. The highest BCUT2D eigenvalue weighted by atomic mass is 16.2. The quantitative estimate of drug-likeness (QED) is 0.689. The molecule has 0 aliphatic heterocycles. The van der Waals surface area contributed by atoms with E-state index in [-0.39, 0.29) is 6.03 Å². The molecule has 0 saturated carbocycles. The molecule has 100 valence electrons. The van der Waals surface area contributed by atoms with Crippen LogP contribution in [0.5, 0.6) is 0 Å². The number of pyridine rings is 2. The van der Waals surface area contributed by atoms with Gasteiger partial charge in [-0.15, -0.1) is 0 Å². The first kappa shape index (κ1) is 12.3. The molecular formula is C15H14N4O. The molecule has 2 heterocycles. The smallest absolute Gasteiger partial charge is 0.321 e. The van der Waals surface area contributed by atoms with Crippen molar-refractivity contribution >= 4 is 33.4 Å². The van der Waals surface area contributed by atoms with E-state index in [1.54, 1.807) is 32.7 Å². The SMILES string of the molecule is CN(C)C(=O)Nc1cc2ccncc2c2ncccc12. The van der Waals surface area contributed by atoms with Crippen molar-refractivity contribution in [1.82, 2.24) is 14.9 Å². The topological polar surface area (TPSA) is 58.1 Å². The average Bonchev–Trinajstić information content (AvgIpc) is 2.47. The van der Waals surface area contributed by atoms with Gasteiger partial charge in [-0.1, -0.05) is 0 Å². The van der Waals surface area contributed by atoms with E-state index in [2.05, 4.69) is 15.3 Å². The number of nitrogens with zero attached hydrogens (tertiary/aromatic N) is 3. The lowest BCUT2D eigenvalue weighted by Crippen LogP contribution is -2.27. The lowest BCUT2D eigenvalue weighted by atomic mass is 10.1. The molecule has 2 aromatic heterocycles. The van der Waals surface area contributed by atoms with Crippen LogP contribution in [0.25, 0.3) is 21.7 Å². The van der Waals surface area contributed by atoms with E-state index >= 15 is 0 Å². The molecular weight excluding hydrogens is 252 g/mol. The number of amides is 2. The van der Waals surface area contributed by atoms with Crippen molar-refractivity contribution < 1.29 is 4.79 Å². The number of anilines is 1. The fourth-order valence-corrected chi connectivity index (χ4v) is 2.13. The summed E-state index contributed by atoms with van der Waals surface area (Å²) in [5, 5.41) is 5.79. The second-order valence-corrected chi connectivity index (χ2v) is 4.75. The van der Waals surface area contributed by atoms with Crippen molar-refractivity contribution in [2.75, 3.05) is 19.4 Å². The van der Waals surface area contributed by atoms with E-state index in [9.17, 15) is 4.79 Å². The Morgan fingerprint density at radius 3 is 2.85 bits per heavy atom. The summed E-state index contributed by atoms with van der Waals surface area (Å²) in [7, 11) is 3.42. The third-order valence-corrected chi connectivity index (χ3v) is 3.16. The van der Waals surface area contributed by atoms with Crippen LogP contribution in [0.15, 0.2) is 42.9 Å². The molecule has 1 N–H and O–H groups in total. The van der Waals surface area contributed by atoms with Gasteiger partial charge in [0.1, 0.15) is 0 Å². The third-order valence-electron chi connectivity index (χ3n) is 3.16. The number of urea groups is 1. The van der Waals surface area contributed by atoms with Crippen LogP contribution in [0.4, 0.5) is 10.5 Å². The zero-order valence-corrected chi connectivity index (χ0v) is 11.3. The zero-order valence-electron chi connectivity index (χ0n) is 11.3. The first-order chi connectivity index (χ1) is 9.66. The summed E-state index contributed by atoms with van der Waals surface area (Å²) in [6.07, 6.45) is 5.27. The van der Waals surface area contributed by atoms with Gasteiger partial charge in [-0.25, -0.2) is 4.79 Å². The standard InChI is InChI=1S/C15H14N4O/c1-19(2)15(20)18-13-8-10-5-7-16-9-12(10)14-11(13)4-3-6-17-14/h3-9H,1-2H3,(H,18,20). The normalized spacial score (nSPS) is 10.7. The van der Waals surface area contributed by atoms with Gasteiger partial charge in [-0.05, 0) is 29.7 Å². The number of carbonyl (C=O) groups excluding carboxylic acids is 1. The van der Waals surface area contributed by atoms with Crippen LogP contribution >= 0.6 is 0 Å². The molecule has 5 nitrogen and oxygen atoms in total. The molecule has 0 radical (unpaired) electrons. The minimum absolute atomic E-state index is 0.163. The van der Waals surface area contributed by atoms with E-state index in [0.717, 1.165) is 27.4 Å². The van der Waals surface area contributed by atoms with Crippen molar-refractivity contribution in [3.05, 3.63) is 42.9 Å². The predicted molar refractivity (Wildman–Crippen MR) is 79.7 cm³/mol. The lowest BCUT2D eigenvalue weighted by molar-refractivity contribution is 0.231. The Bertz CT molecular complexity index is 798. The maximum Gasteiger partial charge on any atom is 0.321 e. The maximum atomic E-state index is 11.9. The predicted octanol–water partition coefficient (Wildman–Crippen LogP) is 2.88. The number of rotatable bonds is 1. The molecule has 0 aliphatic rings. The average molecular weight is 266 g/mol. The molecule has 3 aromatic rings. The number of aromatic nitrogens is 2. The fraction of sp³-hybridized carbons (Fsp3) is 0.133. The Balaban J connectivity index is 2.26. The second-order valence-electron chi connectivity index (χ2n) is 4.75. The van der Waals surface area contributed by atoms with E-state index in [0.29, 0.717) is 0 Å². The van der Waals surface area contributed by atoms with Crippen molar-refractivity contribution in [2.45, 2.75) is 0 Å². The fourth-order valence-electron chi connectivity index (χ4n) is 2.13. The number of fused-ring (bicyclic) bond motifs is 3. The Kier molecular flexibility index (Phi) is 2.95. The molecule has 0 bridgehead atoms. The van der Waals surface area contributed by atoms with Crippen LogP contribution in [0.2, 0.25) is 0 Å². The summed E-state index contributed by atoms with van der Waals surface area (Å²) in [4.78, 5) is 21.9. The summed E-state index contributed by atoms with van der Waals surface area (Å²) in [6.45, 7) is 0. The number of benzene rings is 1. The molecule has 0 fully saturated rings. The Morgan fingerprint density at radius 1 is 1.20 bits per heavy atom. The molecule has 20 heavy (non-hydrogen) atoms. The molecule has 0 unspecified atom stereocenters. The second kappa shape index (κ2) is 4.77. The van der Waals surface area contributed by atoms with Crippen LogP contribution in [-0.2, 0) is 0 Å². The molecule has 0 atom stereocenters. The zero-order chi connectivity index (χ0) is 14.1. The molecule has 0 aliphatic carbocycles. The first-order valence-electron chi connectivity index (χ1n) is 6.26. The van der Waals surface area contributed by atoms with Gasteiger partial charge in [0.25, 0.3) is 0 Å². The van der Waals surface area contributed by atoms with E-state index in [1.807, 2.05) is 24.3 Å². The van der Waals surface area contributed by atoms with Gasteiger partial charge in [-0.2, -0.15) is 0 Å². The molecule has 1 aromatic carbocycles. The molecule has 2 amide bonds. The molecule has 5 heteroatoms. The Labute approximate surface area is 116 Å². The van der Waals surface area contributed by atoms with Gasteiger partial charge in [0.05, 0.1) is 11.2 Å². The van der Waals surface area contributed by atoms with Crippen LogP contribution < -0.4 is 5.32 Å². The van der Waals surface area contributed by atoms with Crippen LogP contribution in [0.1, 0.15) is 0 Å². The molecule has 0 spiro atoms. The monoisotopic (exact) mass is 266 g/mol. The number of carbonyl (C=O) groups is 1. The van der Waals surface area contributed by atoms with Crippen LogP contribution in [-0.4, -0.2) is 35.0 Å². The van der Waals surface area contributed by atoms with Crippen molar-refractivity contribution in [2.24, 2.45) is 0 Å². The summed E-state index contributed by atoms with van der Waals surface area (Å²) in [5.41, 5.74) is 1.60. The van der Waals surface area contributed by atoms with E-state index < -0.39 is 0 Å². The van der Waals surface area contributed by atoms with Gasteiger partial charge in [0.2, 0.25) is 0 Å². The van der Waals surface area contributed by atoms with Crippen LogP contribution in [0.3, 0.4) is 0 Å². The van der Waals surface area contributed by atoms with Gasteiger partial charge < -0.3 is 10.2 Å². The van der Waals surface area contributed by atoms with E-state index in [4.69, 9.17) is 0 Å². The first-order valence-corrected chi connectivity index (χ1v) is 6.26. The van der Waals surface area contributed by atoms with Gasteiger partial charge >= 0.3 is 6.03 Å². The van der Waals surface area contributed by atoms with E-state index in [1.165, 1.54) is 4.90 Å². The number of hydrogen-bond acceptors (Lipinski definition) is 3. The Morgan fingerprint density at radius 2 is 2.05 bits per heavy atom. The summed E-state index contributed by atoms with van der Waals surface area (Å²) < 4.78 is 0. The number of hydrogen-bond donors (Lipinski definition) is 1. The highest BCUT2D eigenvalue weighted by molar-refractivity contribution is 6.12. The van der Waals surface area contributed by atoms with Gasteiger partial charge in [0, 0.05) is 43.5 Å². The Hall–Kier alpha value is -2.69. The number of nitrogens with one attached hydrogen (secondary N) is 1. The van der Waals surface area contributed by atoms with Crippen molar-refractivity contribution in [3.63, 3.8) is 0 Å². The highest BCUT2D eigenvalue weighted by Gasteiger charge is 2.10. The van der Waals surface area contributed by atoms with Crippen LogP contribution in [0, 0.1) is 0 Å². The van der Waals surface area contributed by atoms with Crippen molar-refractivity contribution in [1.29, 1.82) is 0 Å². The maximum absolute atomic E-state index is 11.9. The summed E-state index contributed by atoms with van der Waals surface area (Å²) in [5.74, 6) is 0. The third kappa shape index (κ3) is 2.03. The minimum atomic E-state index is -0.163. The summed E-state index contributed by atoms with van der Waals surface area (Å²) >= 11 is 0. The van der Waals surface area contributed by atoms with Gasteiger partial charge in [-0.3, -0.25) is 9.97 Å². The lowest BCUT2D eigenvalue weighted by Gasteiger charge is -2.14. The molecule has 0 saturated heterocycles. The molecule has 3 rings (SSSR count). The summed E-state index contributed by atoms with van der Waals surface area (Å²) in [6, 6.07) is 7.50. The van der Waals surface area contributed by atoms with Crippen molar-refractivity contribution in [3.8, 4) is 0 Å². The highest BCUT2D eigenvalue weighted by Crippen LogP contribution is 2.29. The largest absolute Gasteiger partial charge is 0.331 e.